The molecule has 1 atom stereocenters. The molecule has 1 aromatic carbocycles. The molecule has 1 unspecified atom stereocenters. The summed E-state index contributed by atoms with van der Waals surface area (Å²) < 4.78 is 0. The molecule has 2 aliphatic rings. The smallest absolute Gasteiger partial charge is 0.243 e. The van der Waals surface area contributed by atoms with Crippen LogP contribution in [0.5, 0.6) is 0 Å². The Morgan fingerprint density at radius 1 is 1.22 bits per heavy atom. The molecule has 1 amide bonds. The van der Waals surface area contributed by atoms with E-state index in [4.69, 9.17) is 0 Å². The van der Waals surface area contributed by atoms with Crippen molar-refractivity contribution in [2.75, 3.05) is 24.5 Å². The highest BCUT2D eigenvalue weighted by atomic mass is 16.1. The summed E-state index contributed by atoms with van der Waals surface area (Å²) in [6.07, 6.45) is 9.33. The molecule has 3 rings (SSSR count). The quantitative estimate of drug-likeness (QED) is 0.843. The lowest BCUT2D eigenvalue weighted by Gasteiger charge is -2.39. The Labute approximate surface area is 139 Å². The van der Waals surface area contributed by atoms with Crippen molar-refractivity contribution in [3.63, 3.8) is 0 Å². The SMILES string of the molecule is C=CC(=O)NCC1Cc2ccccc2N(CC2CCCCC2)C1. The highest BCUT2D eigenvalue weighted by Crippen LogP contribution is 2.32. The van der Waals surface area contributed by atoms with Gasteiger partial charge in [-0.25, -0.2) is 0 Å². The number of benzene rings is 1. The number of para-hydroxylation sites is 1. The molecule has 1 aliphatic carbocycles. The average molecular weight is 312 g/mol. The van der Waals surface area contributed by atoms with Crippen molar-refractivity contribution in [3.05, 3.63) is 42.5 Å². The van der Waals surface area contributed by atoms with Gasteiger partial charge in [0, 0.05) is 25.3 Å². The summed E-state index contributed by atoms with van der Waals surface area (Å²) >= 11 is 0. The Kier molecular flexibility index (Phi) is 5.37. The Bertz CT molecular complexity index is 548. The van der Waals surface area contributed by atoms with E-state index in [1.54, 1.807) is 0 Å². The summed E-state index contributed by atoms with van der Waals surface area (Å²) in [6, 6.07) is 8.77. The van der Waals surface area contributed by atoms with Gasteiger partial charge >= 0.3 is 0 Å². The van der Waals surface area contributed by atoms with Crippen LogP contribution in [0.15, 0.2) is 36.9 Å². The zero-order chi connectivity index (χ0) is 16.1. The van der Waals surface area contributed by atoms with Gasteiger partial charge in [-0.05, 0) is 48.8 Å². The van der Waals surface area contributed by atoms with Crippen molar-refractivity contribution in [2.45, 2.75) is 38.5 Å². The van der Waals surface area contributed by atoms with Gasteiger partial charge < -0.3 is 10.2 Å². The number of carbonyl (C=O) groups excluding carboxylic acids is 1. The molecule has 0 saturated heterocycles. The third kappa shape index (κ3) is 4.15. The summed E-state index contributed by atoms with van der Waals surface area (Å²) in [5.41, 5.74) is 2.83. The van der Waals surface area contributed by atoms with Crippen LogP contribution < -0.4 is 10.2 Å². The maximum Gasteiger partial charge on any atom is 0.243 e. The van der Waals surface area contributed by atoms with Gasteiger partial charge in [0.1, 0.15) is 0 Å². The van der Waals surface area contributed by atoms with Crippen LogP contribution in [0.4, 0.5) is 5.69 Å². The third-order valence-corrected chi connectivity index (χ3v) is 5.27. The van der Waals surface area contributed by atoms with Crippen LogP contribution in [0, 0.1) is 11.8 Å². The van der Waals surface area contributed by atoms with Crippen molar-refractivity contribution in [1.82, 2.24) is 5.32 Å². The molecule has 0 bridgehead atoms. The number of hydrogen-bond acceptors (Lipinski definition) is 2. The zero-order valence-corrected chi connectivity index (χ0v) is 14.0. The fourth-order valence-corrected chi connectivity index (χ4v) is 4.09. The highest BCUT2D eigenvalue weighted by Gasteiger charge is 2.26. The van der Waals surface area contributed by atoms with E-state index in [0.29, 0.717) is 5.92 Å². The second-order valence-corrected chi connectivity index (χ2v) is 7.06. The second-order valence-electron chi connectivity index (χ2n) is 7.06. The number of fused-ring (bicyclic) bond motifs is 1. The van der Waals surface area contributed by atoms with E-state index in [1.807, 2.05) is 0 Å². The molecule has 1 fully saturated rings. The second kappa shape index (κ2) is 7.67. The van der Waals surface area contributed by atoms with Gasteiger partial charge in [-0.3, -0.25) is 4.79 Å². The van der Waals surface area contributed by atoms with E-state index >= 15 is 0 Å². The van der Waals surface area contributed by atoms with E-state index in [-0.39, 0.29) is 5.91 Å². The van der Waals surface area contributed by atoms with Crippen LogP contribution in [0.1, 0.15) is 37.7 Å². The Morgan fingerprint density at radius 2 is 2.00 bits per heavy atom. The fraction of sp³-hybridized carbons (Fsp3) is 0.550. The molecular formula is C20H28N2O. The Morgan fingerprint density at radius 3 is 2.78 bits per heavy atom. The molecule has 1 heterocycles. The van der Waals surface area contributed by atoms with Crippen LogP contribution >= 0.6 is 0 Å². The number of rotatable bonds is 5. The standard InChI is InChI=1S/C20H28N2O/c1-2-20(23)21-13-17-12-18-10-6-7-11-19(18)22(15-17)14-16-8-4-3-5-9-16/h2,6-7,10-11,16-17H,1,3-5,8-9,12-15H2,(H,21,23). The average Bonchev–Trinajstić information content (AvgIpc) is 2.60. The van der Waals surface area contributed by atoms with Crippen molar-refractivity contribution in [1.29, 1.82) is 0 Å². The monoisotopic (exact) mass is 312 g/mol. The van der Waals surface area contributed by atoms with Crippen LogP contribution in [0.2, 0.25) is 0 Å². The number of anilines is 1. The highest BCUT2D eigenvalue weighted by molar-refractivity contribution is 5.86. The fourth-order valence-electron chi connectivity index (χ4n) is 4.09. The molecule has 3 heteroatoms. The van der Waals surface area contributed by atoms with Gasteiger partial charge in [0.05, 0.1) is 0 Å². The number of nitrogens with one attached hydrogen (secondary N) is 1. The lowest BCUT2D eigenvalue weighted by molar-refractivity contribution is -0.116. The van der Waals surface area contributed by atoms with Gasteiger partial charge in [0.15, 0.2) is 0 Å². The lowest BCUT2D eigenvalue weighted by Crippen LogP contribution is -2.43. The third-order valence-electron chi connectivity index (χ3n) is 5.27. The predicted octanol–water partition coefficient (Wildman–Crippen LogP) is 3.55. The molecule has 0 spiro atoms. The molecule has 1 aromatic rings. The first-order valence-corrected chi connectivity index (χ1v) is 8.99. The van der Waals surface area contributed by atoms with Crippen molar-refractivity contribution < 1.29 is 4.79 Å². The Balaban J connectivity index is 1.68. The molecule has 3 nitrogen and oxygen atoms in total. The number of hydrogen-bond donors (Lipinski definition) is 1. The number of carbonyl (C=O) groups is 1. The van der Waals surface area contributed by atoms with Crippen molar-refractivity contribution >= 4 is 11.6 Å². The molecular weight excluding hydrogens is 284 g/mol. The molecule has 1 N–H and O–H groups in total. The van der Waals surface area contributed by atoms with Gasteiger partial charge in [0.2, 0.25) is 5.91 Å². The summed E-state index contributed by atoms with van der Waals surface area (Å²) in [5.74, 6) is 1.25. The zero-order valence-electron chi connectivity index (χ0n) is 14.0. The molecule has 23 heavy (non-hydrogen) atoms. The van der Waals surface area contributed by atoms with Crippen molar-refractivity contribution in [3.8, 4) is 0 Å². The predicted molar refractivity (Wildman–Crippen MR) is 95.6 cm³/mol. The molecule has 0 aromatic heterocycles. The van der Waals surface area contributed by atoms with E-state index < -0.39 is 0 Å². The maximum absolute atomic E-state index is 11.5. The topological polar surface area (TPSA) is 32.3 Å². The minimum absolute atomic E-state index is 0.0670. The normalized spacial score (nSPS) is 21.6. The van der Waals surface area contributed by atoms with E-state index in [2.05, 4.69) is 41.1 Å². The minimum Gasteiger partial charge on any atom is -0.371 e. The summed E-state index contributed by atoms with van der Waals surface area (Å²) in [5, 5.41) is 2.97. The van der Waals surface area contributed by atoms with Crippen LogP contribution in [-0.4, -0.2) is 25.5 Å². The van der Waals surface area contributed by atoms with Gasteiger partial charge in [0.25, 0.3) is 0 Å². The lowest BCUT2D eigenvalue weighted by atomic mass is 9.86. The van der Waals surface area contributed by atoms with E-state index in [1.165, 1.54) is 56.0 Å². The number of amides is 1. The minimum atomic E-state index is -0.0670. The maximum atomic E-state index is 11.5. The largest absolute Gasteiger partial charge is 0.371 e. The summed E-state index contributed by atoms with van der Waals surface area (Å²) in [6.45, 7) is 6.48. The Hall–Kier alpha value is -1.77. The molecule has 1 aliphatic heterocycles. The number of nitrogens with zero attached hydrogens (tertiary/aromatic N) is 1. The first kappa shape index (κ1) is 16.1. The van der Waals surface area contributed by atoms with E-state index in [9.17, 15) is 4.79 Å². The first-order chi connectivity index (χ1) is 11.3. The summed E-state index contributed by atoms with van der Waals surface area (Å²) in [7, 11) is 0. The van der Waals surface area contributed by atoms with Crippen LogP contribution in [-0.2, 0) is 11.2 Å². The van der Waals surface area contributed by atoms with Crippen LogP contribution in [0.25, 0.3) is 0 Å². The van der Waals surface area contributed by atoms with Gasteiger partial charge in [-0.1, -0.05) is 44.0 Å². The molecule has 0 radical (unpaired) electrons. The van der Waals surface area contributed by atoms with Crippen molar-refractivity contribution in [2.24, 2.45) is 11.8 Å². The summed E-state index contributed by atoms with van der Waals surface area (Å²) in [4.78, 5) is 14.0. The molecule has 124 valence electrons. The van der Waals surface area contributed by atoms with E-state index in [0.717, 1.165) is 25.4 Å². The molecule has 1 saturated carbocycles. The van der Waals surface area contributed by atoms with Gasteiger partial charge in [-0.15, -0.1) is 0 Å². The first-order valence-electron chi connectivity index (χ1n) is 8.99. The van der Waals surface area contributed by atoms with Gasteiger partial charge in [-0.2, -0.15) is 0 Å². The van der Waals surface area contributed by atoms with Crippen LogP contribution in [0.3, 0.4) is 0 Å².